The van der Waals surface area contributed by atoms with Crippen LogP contribution in [0.1, 0.15) is 265 Å². The van der Waals surface area contributed by atoms with Gasteiger partial charge in [-0.1, -0.05) is 211 Å². The zero-order valence-corrected chi connectivity index (χ0v) is 40.4. The molecule has 0 saturated carbocycles. The number of allylic oxidation sites excluding steroid dienone is 8. The minimum atomic E-state index is -0.776. The largest absolute Gasteiger partial charge is 0.462 e. The van der Waals surface area contributed by atoms with Crippen LogP contribution in [0.5, 0.6) is 0 Å². The van der Waals surface area contributed by atoms with Crippen molar-refractivity contribution >= 4 is 17.9 Å². The maximum Gasteiger partial charge on any atom is 0.306 e. The summed E-state index contributed by atoms with van der Waals surface area (Å²) in [6.07, 6.45) is 59.9. The molecule has 0 amide bonds. The van der Waals surface area contributed by atoms with E-state index >= 15 is 0 Å². The molecule has 6 heteroatoms. The SMILES string of the molecule is CCCCC/C=C\C/C=C\CCCCCCCC(=O)OC(COC(=O)CCCCCCC)COC(=O)CCCCCCCCCCCCC/C=C\C/C=C\CCCCCCC. The number of unbranched alkanes of at least 4 members (excludes halogenated alkanes) is 28. The van der Waals surface area contributed by atoms with Gasteiger partial charge in [0.15, 0.2) is 6.10 Å². The van der Waals surface area contributed by atoms with Gasteiger partial charge in [-0.25, -0.2) is 0 Å². The van der Waals surface area contributed by atoms with Crippen LogP contribution in [0.2, 0.25) is 0 Å². The molecule has 61 heavy (non-hydrogen) atoms. The van der Waals surface area contributed by atoms with Crippen molar-refractivity contribution in [3.8, 4) is 0 Å². The van der Waals surface area contributed by atoms with Crippen molar-refractivity contribution < 1.29 is 28.6 Å². The molecular formula is C55H98O6. The van der Waals surface area contributed by atoms with Crippen LogP contribution in [0.4, 0.5) is 0 Å². The first-order valence-electron chi connectivity index (χ1n) is 26.1. The molecule has 1 atom stereocenters. The summed E-state index contributed by atoms with van der Waals surface area (Å²) in [5.74, 6) is -0.904. The lowest BCUT2D eigenvalue weighted by molar-refractivity contribution is -0.167. The fourth-order valence-corrected chi connectivity index (χ4v) is 7.33. The third-order valence-corrected chi connectivity index (χ3v) is 11.3. The van der Waals surface area contributed by atoms with E-state index in [2.05, 4.69) is 69.4 Å². The van der Waals surface area contributed by atoms with Gasteiger partial charge in [-0.2, -0.15) is 0 Å². The summed E-state index contributed by atoms with van der Waals surface area (Å²) in [6.45, 7) is 6.51. The summed E-state index contributed by atoms with van der Waals surface area (Å²) in [4.78, 5) is 37.6. The third kappa shape index (κ3) is 48.3. The van der Waals surface area contributed by atoms with Crippen molar-refractivity contribution in [1.82, 2.24) is 0 Å². The summed E-state index contributed by atoms with van der Waals surface area (Å²) in [7, 11) is 0. The quantitative estimate of drug-likeness (QED) is 0.0263. The highest BCUT2D eigenvalue weighted by molar-refractivity contribution is 5.71. The number of esters is 3. The Hall–Kier alpha value is -2.63. The van der Waals surface area contributed by atoms with E-state index in [1.54, 1.807) is 0 Å². The molecule has 0 radical (unpaired) electrons. The first kappa shape index (κ1) is 58.4. The molecule has 0 aliphatic carbocycles. The third-order valence-electron chi connectivity index (χ3n) is 11.3. The Morgan fingerprint density at radius 1 is 0.328 bits per heavy atom. The second-order valence-corrected chi connectivity index (χ2v) is 17.4. The Balaban J connectivity index is 4.12. The topological polar surface area (TPSA) is 78.9 Å². The number of ether oxygens (including phenoxy) is 3. The lowest BCUT2D eigenvalue weighted by Gasteiger charge is -2.18. The molecule has 0 aromatic carbocycles. The maximum atomic E-state index is 12.7. The van der Waals surface area contributed by atoms with E-state index in [1.165, 1.54) is 128 Å². The fourth-order valence-electron chi connectivity index (χ4n) is 7.33. The average molecular weight is 855 g/mol. The van der Waals surface area contributed by atoms with Crippen LogP contribution in [0.25, 0.3) is 0 Å². The Morgan fingerprint density at radius 2 is 0.590 bits per heavy atom. The average Bonchev–Trinajstić information content (AvgIpc) is 3.26. The summed E-state index contributed by atoms with van der Waals surface area (Å²) in [5.41, 5.74) is 0. The molecule has 0 bridgehead atoms. The van der Waals surface area contributed by atoms with Gasteiger partial charge < -0.3 is 14.2 Å². The highest BCUT2D eigenvalue weighted by Gasteiger charge is 2.19. The molecular weight excluding hydrogens is 757 g/mol. The van der Waals surface area contributed by atoms with Gasteiger partial charge in [-0.3, -0.25) is 14.4 Å². The minimum Gasteiger partial charge on any atom is -0.462 e. The second kappa shape index (κ2) is 50.0. The number of carbonyl (C=O) groups is 3. The first-order valence-corrected chi connectivity index (χ1v) is 26.1. The van der Waals surface area contributed by atoms with Gasteiger partial charge in [0.1, 0.15) is 13.2 Å². The van der Waals surface area contributed by atoms with E-state index in [9.17, 15) is 14.4 Å². The van der Waals surface area contributed by atoms with E-state index in [0.717, 1.165) is 96.3 Å². The molecule has 0 saturated heterocycles. The normalized spacial score (nSPS) is 12.4. The summed E-state index contributed by atoms with van der Waals surface area (Å²) in [6, 6.07) is 0. The van der Waals surface area contributed by atoms with Crippen molar-refractivity contribution in [1.29, 1.82) is 0 Å². The van der Waals surface area contributed by atoms with E-state index in [4.69, 9.17) is 14.2 Å². The zero-order valence-electron chi connectivity index (χ0n) is 40.4. The highest BCUT2D eigenvalue weighted by Crippen LogP contribution is 2.15. The van der Waals surface area contributed by atoms with E-state index in [1.807, 2.05) is 0 Å². The van der Waals surface area contributed by atoms with E-state index in [0.29, 0.717) is 19.3 Å². The Labute approximate surface area is 378 Å². The fraction of sp³-hybridized carbons (Fsp3) is 0.800. The molecule has 1 unspecified atom stereocenters. The molecule has 0 aliphatic rings. The van der Waals surface area contributed by atoms with E-state index < -0.39 is 6.10 Å². The van der Waals surface area contributed by atoms with Crippen LogP contribution in [0.15, 0.2) is 48.6 Å². The first-order chi connectivity index (χ1) is 30.0. The highest BCUT2D eigenvalue weighted by atomic mass is 16.6. The number of rotatable bonds is 47. The molecule has 0 aromatic heterocycles. The Morgan fingerprint density at radius 3 is 0.934 bits per heavy atom. The lowest BCUT2D eigenvalue weighted by atomic mass is 10.0. The molecule has 6 nitrogen and oxygen atoms in total. The predicted molar refractivity (Wildman–Crippen MR) is 261 cm³/mol. The zero-order chi connectivity index (χ0) is 44.4. The van der Waals surface area contributed by atoms with E-state index in [-0.39, 0.29) is 31.1 Å². The van der Waals surface area contributed by atoms with Gasteiger partial charge in [0.2, 0.25) is 0 Å². The van der Waals surface area contributed by atoms with Gasteiger partial charge in [-0.05, 0) is 83.5 Å². The summed E-state index contributed by atoms with van der Waals surface area (Å²) >= 11 is 0. The van der Waals surface area contributed by atoms with Gasteiger partial charge in [0.25, 0.3) is 0 Å². The summed E-state index contributed by atoms with van der Waals surface area (Å²) in [5, 5.41) is 0. The van der Waals surface area contributed by atoms with Crippen molar-refractivity contribution in [2.45, 2.75) is 271 Å². The van der Waals surface area contributed by atoms with Crippen LogP contribution >= 0.6 is 0 Å². The van der Waals surface area contributed by atoms with Crippen molar-refractivity contribution in [3.63, 3.8) is 0 Å². The van der Waals surface area contributed by atoms with Crippen LogP contribution < -0.4 is 0 Å². The smallest absolute Gasteiger partial charge is 0.306 e. The maximum absolute atomic E-state index is 12.7. The molecule has 0 N–H and O–H groups in total. The number of carbonyl (C=O) groups excluding carboxylic acids is 3. The molecule has 0 fully saturated rings. The van der Waals surface area contributed by atoms with Crippen LogP contribution in [0, 0.1) is 0 Å². The predicted octanol–water partition coefficient (Wildman–Crippen LogP) is 17.1. The number of hydrogen-bond donors (Lipinski definition) is 0. The van der Waals surface area contributed by atoms with Crippen molar-refractivity contribution in [3.05, 3.63) is 48.6 Å². The molecule has 354 valence electrons. The number of hydrogen-bond acceptors (Lipinski definition) is 6. The molecule has 0 aromatic rings. The van der Waals surface area contributed by atoms with Crippen molar-refractivity contribution in [2.75, 3.05) is 13.2 Å². The lowest BCUT2D eigenvalue weighted by Crippen LogP contribution is -2.30. The van der Waals surface area contributed by atoms with Crippen molar-refractivity contribution in [2.24, 2.45) is 0 Å². The van der Waals surface area contributed by atoms with Gasteiger partial charge in [-0.15, -0.1) is 0 Å². The molecule has 0 rings (SSSR count). The Kier molecular flexibility index (Phi) is 47.9. The van der Waals surface area contributed by atoms with Crippen LogP contribution in [-0.4, -0.2) is 37.2 Å². The minimum absolute atomic E-state index is 0.0792. The van der Waals surface area contributed by atoms with Gasteiger partial charge in [0, 0.05) is 19.3 Å². The second-order valence-electron chi connectivity index (χ2n) is 17.4. The monoisotopic (exact) mass is 855 g/mol. The standard InChI is InChI=1S/C55H98O6/c1-4-7-10-13-15-17-19-21-23-24-25-26-27-28-29-30-32-33-35-37-39-42-45-48-54(57)60-51-52(50-59-53(56)47-44-41-12-9-6-3)61-55(58)49-46-43-40-38-36-34-31-22-20-18-16-14-11-8-5-2/h16,18-19,21-22,24-25,31,52H,4-15,17,20,23,26-30,32-51H2,1-3H3/b18-16-,21-19-,25-24-,31-22-. The molecule has 0 spiro atoms. The van der Waals surface area contributed by atoms with Gasteiger partial charge in [0.05, 0.1) is 0 Å². The Bertz CT molecular complexity index is 1070. The molecule has 0 heterocycles. The van der Waals surface area contributed by atoms with Gasteiger partial charge >= 0.3 is 17.9 Å². The summed E-state index contributed by atoms with van der Waals surface area (Å²) < 4.78 is 16.7. The van der Waals surface area contributed by atoms with Crippen LogP contribution in [0.3, 0.4) is 0 Å². The molecule has 0 aliphatic heterocycles. The van der Waals surface area contributed by atoms with Crippen LogP contribution in [-0.2, 0) is 28.6 Å².